The average Bonchev–Trinajstić information content (AvgIpc) is 3.16. The SMILES string of the molecule is COC(=O)N[C@H](C(=O)Nc1cccc(F)c1CC[C@H]1CN[C@@H]2CCCS(=O)(=O)N1C2)[C@@H](c1ccc(F)cc1)[C@H]1CC[C@H](OC)CC1. The predicted molar refractivity (Wildman–Crippen MR) is 170 cm³/mol. The van der Waals surface area contributed by atoms with Gasteiger partial charge in [-0.3, -0.25) is 4.79 Å². The first kappa shape index (κ1) is 34.2. The summed E-state index contributed by atoms with van der Waals surface area (Å²) in [5, 5.41) is 9.00. The molecule has 2 aromatic rings. The van der Waals surface area contributed by atoms with Crippen LogP contribution >= 0.6 is 0 Å². The molecule has 2 amide bonds. The Hall–Kier alpha value is -3.13. The minimum atomic E-state index is -3.42. The van der Waals surface area contributed by atoms with Crippen LogP contribution in [0.1, 0.15) is 62.0 Å². The summed E-state index contributed by atoms with van der Waals surface area (Å²) < 4.78 is 67.2. The maximum Gasteiger partial charge on any atom is 0.407 e. The third-order valence-electron chi connectivity index (χ3n) is 9.78. The van der Waals surface area contributed by atoms with Crippen LogP contribution in [0.3, 0.4) is 0 Å². The van der Waals surface area contributed by atoms with Gasteiger partial charge >= 0.3 is 6.09 Å². The monoisotopic (exact) mass is 662 g/mol. The number of carbonyl (C=O) groups is 2. The lowest BCUT2D eigenvalue weighted by Crippen LogP contribution is -2.57. The van der Waals surface area contributed by atoms with Gasteiger partial charge in [0.2, 0.25) is 15.9 Å². The molecule has 5 rings (SSSR count). The third-order valence-corrected chi connectivity index (χ3v) is 11.7. The Labute approximate surface area is 269 Å². The van der Waals surface area contributed by atoms with Crippen LogP contribution in [0.5, 0.6) is 0 Å². The highest BCUT2D eigenvalue weighted by atomic mass is 32.2. The summed E-state index contributed by atoms with van der Waals surface area (Å²) in [6.07, 6.45) is 4.18. The highest BCUT2D eigenvalue weighted by Gasteiger charge is 2.40. The van der Waals surface area contributed by atoms with Gasteiger partial charge < -0.3 is 25.4 Å². The first-order chi connectivity index (χ1) is 22.1. The zero-order valence-electron chi connectivity index (χ0n) is 26.3. The number of ether oxygens (including phenoxy) is 2. The van der Waals surface area contributed by atoms with Crippen LogP contribution in [0.15, 0.2) is 42.5 Å². The standard InChI is InChI=1S/C33H44F2N4O6S/c1-44-26-15-10-22(11-16-26)30(21-8-12-23(34)13-9-21)31(38-33(41)45-2)32(40)37-29-7-3-6-28(35)27(29)17-14-25-19-36-24-5-4-18-46(42,43)39(25)20-24/h3,6-9,12-13,22,24-26,30-31,36H,4-5,10-11,14-20H2,1-2H3,(H,37,40)(H,38,41)/t22-,24-,25+,26-,30+,31+/m1/s1. The van der Waals surface area contributed by atoms with Crippen LogP contribution in [0, 0.1) is 17.6 Å². The minimum Gasteiger partial charge on any atom is -0.453 e. The number of hydrogen-bond acceptors (Lipinski definition) is 7. The summed E-state index contributed by atoms with van der Waals surface area (Å²) in [5.74, 6) is -2.01. The number of hydrogen-bond donors (Lipinski definition) is 3. The van der Waals surface area contributed by atoms with Gasteiger partial charge in [0, 0.05) is 49.5 Å². The van der Waals surface area contributed by atoms with Gasteiger partial charge in [-0.05, 0) is 87.1 Å². The number of benzene rings is 2. The number of nitrogens with one attached hydrogen (secondary N) is 3. The number of halogens is 2. The molecule has 0 aromatic heterocycles. The Morgan fingerprint density at radius 2 is 1.78 bits per heavy atom. The van der Waals surface area contributed by atoms with E-state index in [1.807, 2.05) is 0 Å². The van der Waals surface area contributed by atoms with E-state index >= 15 is 4.39 Å². The molecular formula is C33H44F2N4O6S. The number of piperazine rings is 1. The van der Waals surface area contributed by atoms with E-state index in [1.54, 1.807) is 29.6 Å². The van der Waals surface area contributed by atoms with Crippen LogP contribution < -0.4 is 16.0 Å². The lowest BCUT2D eigenvalue weighted by molar-refractivity contribution is -0.119. The Kier molecular flexibility index (Phi) is 11.3. The molecule has 2 aromatic carbocycles. The van der Waals surface area contributed by atoms with Crippen molar-refractivity contribution in [3.05, 3.63) is 65.2 Å². The normalized spacial score (nSPS) is 27.1. The minimum absolute atomic E-state index is 0.0463. The zero-order valence-corrected chi connectivity index (χ0v) is 27.2. The van der Waals surface area contributed by atoms with E-state index in [4.69, 9.17) is 9.47 Å². The van der Waals surface area contributed by atoms with Crippen LogP contribution in [0.4, 0.5) is 19.3 Å². The lowest BCUT2D eigenvalue weighted by atomic mass is 9.72. The number of methoxy groups -OCH3 is 2. The smallest absolute Gasteiger partial charge is 0.407 e. The first-order valence-electron chi connectivity index (χ1n) is 16.0. The second-order valence-corrected chi connectivity index (χ2v) is 14.6. The van der Waals surface area contributed by atoms with E-state index in [9.17, 15) is 22.4 Å². The first-order valence-corrected chi connectivity index (χ1v) is 17.6. The fraction of sp³-hybridized carbons (Fsp3) is 0.576. The average molecular weight is 663 g/mol. The molecule has 2 aliphatic heterocycles. The van der Waals surface area contributed by atoms with Gasteiger partial charge in [0.05, 0.1) is 19.0 Å². The van der Waals surface area contributed by atoms with Crippen molar-refractivity contribution in [2.45, 2.75) is 81.5 Å². The Morgan fingerprint density at radius 3 is 2.48 bits per heavy atom. The van der Waals surface area contributed by atoms with Gasteiger partial charge in [0.15, 0.2) is 0 Å². The van der Waals surface area contributed by atoms with Gasteiger partial charge in [-0.15, -0.1) is 0 Å². The van der Waals surface area contributed by atoms with Gasteiger partial charge in [-0.2, -0.15) is 4.31 Å². The maximum atomic E-state index is 15.4. The molecule has 1 unspecified atom stereocenters. The Balaban J connectivity index is 1.40. The van der Waals surface area contributed by atoms with E-state index in [0.29, 0.717) is 44.3 Å². The van der Waals surface area contributed by atoms with Crippen molar-refractivity contribution in [1.82, 2.24) is 14.9 Å². The summed E-state index contributed by atoms with van der Waals surface area (Å²) in [4.78, 5) is 26.7. The third kappa shape index (κ3) is 8.04. The highest BCUT2D eigenvalue weighted by molar-refractivity contribution is 7.89. The summed E-state index contributed by atoms with van der Waals surface area (Å²) in [6, 6.07) is 8.93. The number of anilines is 1. The number of sulfonamides is 1. The second-order valence-electron chi connectivity index (χ2n) is 12.5. The second kappa shape index (κ2) is 15.2. The van der Waals surface area contributed by atoms with Crippen molar-refractivity contribution in [1.29, 1.82) is 0 Å². The highest BCUT2D eigenvalue weighted by Crippen LogP contribution is 2.40. The lowest BCUT2D eigenvalue weighted by Gasteiger charge is -2.38. The quantitative estimate of drug-likeness (QED) is 0.346. The molecule has 3 aliphatic rings. The molecule has 2 heterocycles. The molecule has 252 valence electrons. The number of nitrogens with zero attached hydrogens (tertiary/aromatic N) is 1. The van der Waals surface area contributed by atoms with E-state index < -0.39 is 45.6 Å². The molecule has 0 radical (unpaired) electrons. The van der Waals surface area contributed by atoms with Crippen LogP contribution in [0.25, 0.3) is 0 Å². The molecule has 2 saturated heterocycles. The van der Waals surface area contributed by atoms with Crippen LogP contribution in [-0.2, 0) is 30.7 Å². The number of fused-ring (bicyclic) bond motifs is 2. The summed E-state index contributed by atoms with van der Waals surface area (Å²) in [7, 11) is -0.542. The van der Waals surface area contributed by atoms with Crippen LogP contribution in [-0.4, -0.2) is 82.0 Å². The Bertz CT molecular complexity index is 1470. The van der Waals surface area contributed by atoms with Crippen molar-refractivity contribution < 1.29 is 36.3 Å². The van der Waals surface area contributed by atoms with Crippen molar-refractivity contribution in [2.75, 3.05) is 38.4 Å². The molecule has 3 fully saturated rings. The molecule has 0 spiro atoms. The molecule has 5 atom stereocenters. The topological polar surface area (TPSA) is 126 Å². The summed E-state index contributed by atoms with van der Waals surface area (Å²) in [5.41, 5.74) is 1.17. The number of amides is 2. The Morgan fingerprint density at radius 1 is 1.04 bits per heavy atom. The van der Waals surface area contributed by atoms with Crippen molar-refractivity contribution in [3.8, 4) is 0 Å². The number of carbonyl (C=O) groups excluding carboxylic acids is 2. The summed E-state index contributed by atoms with van der Waals surface area (Å²) >= 11 is 0. The van der Waals surface area contributed by atoms with Gasteiger partial charge in [-0.25, -0.2) is 22.0 Å². The van der Waals surface area contributed by atoms with Gasteiger partial charge in [0.1, 0.15) is 17.7 Å². The van der Waals surface area contributed by atoms with Crippen molar-refractivity contribution in [3.63, 3.8) is 0 Å². The fourth-order valence-electron chi connectivity index (χ4n) is 7.31. The molecule has 46 heavy (non-hydrogen) atoms. The molecule has 2 bridgehead atoms. The van der Waals surface area contributed by atoms with Crippen molar-refractivity contribution >= 4 is 27.7 Å². The van der Waals surface area contributed by atoms with Gasteiger partial charge in [-0.1, -0.05) is 18.2 Å². The zero-order chi connectivity index (χ0) is 32.8. The van der Waals surface area contributed by atoms with E-state index in [2.05, 4.69) is 16.0 Å². The molecule has 13 heteroatoms. The van der Waals surface area contributed by atoms with Gasteiger partial charge in [0.25, 0.3) is 0 Å². The molecule has 3 N–H and O–H groups in total. The van der Waals surface area contributed by atoms with E-state index in [0.717, 1.165) is 19.3 Å². The largest absolute Gasteiger partial charge is 0.453 e. The predicted octanol–water partition coefficient (Wildman–Crippen LogP) is 4.32. The molecule has 1 saturated carbocycles. The fourth-order valence-corrected chi connectivity index (χ4v) is 9.11. The molecular weight excluding hydrogens is 618 g/mol. The maximum absolute atomic E-state index is 15.4. The summed E-state index contributed by atoms with van der Waals surface area (Å²) in [6.45, 7) is 0.863. The van der Waals surface area contributed by atoms with E-state index in [-0.39, 0.29) is 47.5 Å². The van der Waals surface area contributed by atoms with Crippen LogP contribution in [0.2, 0.25) is 0 Å². The molecule has 10 nitrogen and oxygen atoms in total. The van der Waals surface area contributed by atoms with Crippen molar-refractivity contribution in [2.24, 2.45) is 5.92 Å². The molecule has 1 aliphatic carbocycles. The number of alkyl carbamates (subject to hydrolysis) is 1. The number of rotatable bonds is 10. The van der Waals surface area contributed by atoms with E-state index in [1.165, 1.54) is 31.4 Å².